The maximum absolute atomic E-state index is 12.4. The topological polar surface area (TPSA) is 52.7 Å². The van der Waals surface area contributed by atoms with E-state index in [1.165, 1.54) is 0 Å². The fraction of sp³-hybridized carbons (Fsp3) is 0.833. The van der Waals surface area contributed by atoms with Gasteiger partial charge in [0.2, 0.25) is 0 Å². The zero-order chi connectivity index (χ0) is 12.4. The third kappa shape index (κ3) is 2.35. The molecule has 0 spiro atoms. The van der Waals surface area contributed by atoms with Crippen LogP contribution in [-0.2, 0) is 9.59 Å². The van der Waals surface area contributed by atoms with E-state index in [0.717, 1.165) is 38.8 Å². The van der Waals surface area contributed by atoms with Gasteiger partial charge in [0.1, 0.15) is 6.04 Å². The van der Waals surface area contributed by atoms with Gasteiger partial charge < -0.3 is 5.32 Å². The minimum Gasteiger partial charge on any atom is -0.309 e. The van der Waals surface area contributed by atoms with E-state index in [-0.39, 0.29) is 23.8 Å². The number of amides is 1. The molecule has 0 saturated carbocycles. The summed E-state index contributed by atoms with van der Waals surface area (Å²) in [6.07, 6.45) is 3.65. The van der Waals surface area contributed by atoms with Crippen molar-refractivity contribution in [3.8, 4) is 0 Å². The van der Waals surface area contributed by atoms with Crippen molar-refractivity contribution in [2.75, 3.05) is 20.1 Å². The first-order valence-electron chi connectivity index (χ1n) is 6.41. The second kappa shape index (κ2) is 5.14. The number of ketones is 1. The molecule has 2 atom stereocenters. The Balaban J connectivity index is 2.24. The Labute approximate surface area is 102 Å². The van der Waals surface area contributed by atoms with Crippen molar-refractivity contribution in [1.29, 1.82) is 0 Å². The molecule has 5 heteroatoms. The lowest BCUT2D eigenvalue weighted by molar-refractivity contribution is -0.165. The maximum atomic E-state index is 12.4. The van der Waals surface area contributed by atoms with Crippen LogP contribution < -0.4 is 5.32 Å². The molecule has 1 N–H and O–H groups in total. The van der Waals surface area contributed by atoms with Gasteiger partial charge in [-0.2, -0.15) is 0 Å². The van der Waals surface area contributed by atoms with Gasteiger partial charge in [0, 0.05) is 13.1 Å². The van der Waals surface area contributed by atoms with E-state index in [1.54, 1.807) is 11.9 Å². The van der Waals surface area contributed by atoms with Crippen molar-refractivity contribution in [2.24, 2.45) is 0 Å². The molecular weight excluding hydrogens is 218 g/mol. The molecule has 2 saturated heterocycles. The number of hydrogen-bond donors (Lipinski definition) is 1. The molecule has 17 heavy (non-hydrogen) atoms. The fourth-order valence-corrected chi connectivity index (χ4v) is 2.81. The van der Waals surface area contributed by atoms with Crippen LogP contribution in [0.2, 0.25) is 0 Å². The average Bonchev–Trinajstić information content (AvgIpc) is 2.48. The van der Waals surface area contributed by atoms with Crippen molar-refractivity contribution in [2.45, 2.75) is 44.7 Å². The van der Waals surface area contributed by atoms with Crippen molar-refractivity contribution in [1.82, 2.24) is 15.3 Å². The van der Waals surface area contributed by atoms with Crippen molar-refractivity contribution < 1.29 is 9.59 Å². The number of nitrogens with zero attached hydrogens (tertiary/aromatic N) is 2. The Morgan fingerprint density at radius 1 is 1.29 bits per heavy atom. The number of nitrogens with one attached hydrogen (secondary N) is 1. The molecule has 0 aromatic rings. The number of likely N-dealkylation sites (N-methyl/N-ethyl adjacent to an activating group) is 1. The average molecular weight is 239 g/mol. The number of fused-ring (bicyclic) bond motifs is 1. The van der Waals surface area contributed by atoms with Crippen molar-refractivity contribution in [3.05, 3.63) is 0 Å². The molecule has 0 aromatic carbocycles. The molecular formula is C12H21N3O2. The summed E-state index contributed by atoms with van der Waals surface area (Å²) in [5.41, 5.74) is 0. The molecule has 2 fully saturated rings. The van der Waals surface area contributed by atoms with Crippen LogP contribution in [0.15, 0.2) is 0 Å². The minimum absolute atomic E-state index is 0.0601. The third-order valence-corrected chi connectivity index (χ3v) is 3.74. The van der Waals surface area contributed by atoms with Gasteiger partial charge in [-0.3, -0.25) is 14.6 Å². The number of carbonyl (C=O) groups is 2. The van der Waals surface area contributed by atoms with Crippen LogP contribution in [0.3, 0.4) is 0 Å². The van der Waals surface area contributed by atoms with Crippen LogP contribution in [0, 0.1) is 0 Å². The fourth-order valence-electron chi connectivity index (χ4n) is 2.81. The Bertz CT molecular complexity index is 319. The van der Waals surface area contributed by atoms with Gasteiger partial charge in [0.25, 0.3) is 5.91 Å². The largest absolute Gasteiger partial charge is 0.309 e. The summed E-state index contributed by atoms with van der Waals surface area (Å²) in [6.45, 7) is 3.36. The summed E-state index contributed by atoms with van der Waals surface area (Å²) in [5.74, 6) is 0.157. The molecule has 2 aliphatic rings. The third-order valence-electron chi connectivity index (χ3n) is 3.74. The maximum Gasteiger partial charge on any atom is 0.254 e. The second-order valence-electron chi connectivity index (χ2n) is 4.89. The molecule has 2 heterocycles. The first-order valence-corrected chi connectivity index (χ1v) is 6.41. The predicted molar refractivity (Wildman–Crippen MR) is 64.2 cm³/mol. The van der Waals surface area contributed by atoms with Gasteiger partial charge in [-0.25, -0.2) is 5.01 Å². The highest BCUT2D eigenvalue weighted by Gasteiger charge is 2.39. The zero-order valence-electron chi connectivity index (χ0n) is 10.6. The van der Waals surface area contributed by atoms with E-state index in [9.17, 15) is 9.59 Å². The van der Waals surface area contributed by atoms with E-state index in [2.05, 4.69) is 10.3 Å². The van der Waals surface area contributed by atoms with E-state index < -0.39 is 0 Å². The molecule has 5 nitrogen and oxygen atoms in total. The van der Waals surface area contributed by atoms with Gasteiger partial charge in [0.15, 0.2) is 5.78 Å². The summed E-state index contributed by atoms with van der Waals surface area (Å²) >= 11 is 0. The van der Waals surface area contributed by atoms with Gasteiger partial charge in [0.05, 0.1) is 6.04 Å². The SMILES string of the molecule is CN[C@H]1CCCN2CCCC(C(C)=O)N2C1=O. The Morgan fingerprint density at radius 2 is 1.94 bits per heavy atom. The molecule has 0 aromatic heterocycles. The molecule has 1 amide bonds. The Morgan fingerprint density at radius 3 is 2.53 bits per heavy atom. The summed E-state index contributed by atoms with van der Waals surface area (Å²) in [5, 5.41) is 6.84. The zero-order valence-corrected chi connectivity index (χ0v) is 10.6. The number of hydrazine groups is 1. The highest BCUT2D eigenvalue weighted by Crippen LogP contribution is 2.24. The normalized spacial score (nSPS) is 30.9. The molecule has 1 unspecified atom stereocenters. The second-order valence-corrected chi connectivity index (χ2v) is 4.89. The number of Topliss-reactive ketones (excluding diaryl/α,β-unsaturated/α-hetero) is 1. The lowest BCUT2D eigenvalue weighted by Gasteiger charge is -2.42. The molecule has 96 valence electrons. The molecule has 0 bridgehead atoms. The smallest absolute Gasteiger partial charge is 0.254 e. The van der Waals surface area contributed by atoms with Crippen LogP contribution in [0.1, 0.15) is 32.6 Å². The quantitative estimate of drug-likeness (QED) is 0.746. The first-order chi connectivity index (χ1) is 8.15. The predicted octanol–water partition coefficient (Wildman–Crippen LogP) is 0.165. The standard InChI is InChI=1S/C12H21N3O2/c1-9(16)11-6-4-8-14-7-3-5-10(13-2)12(17)15(11)14/h10-11,13H,3-8H2,1-2H3/t10-,11?/m0/s1. The summed E-state index contributed by atoms with van der Waals surface area (Å²) in [7, 11) is 1.81. The first kappa shape index (κ1) is 12.5. The monoisotopic (exact) mass is 239 g/mol. The van der Waals surface area contributed by atoms with E-state index in [1.807, 2.05) is 7.05 Å². The summed E-state index contributed by atoms with van der Waals surface area (Å²) in [4.78, 5) is 24.1. The van der Waals surface area contributed by atoms with E-state index in [0.29, 0.717) is 0 Å². The Kier molecular flexibility index (Phi) is 3.79. The molecule has 0 radical (unpaired) electrons. The Hall–Kier alpha value is -0.940. The summed E-state index contributed by atoms with van der Waals surface area (Å²) < 4.78 is 0. The van der Waals surface area contributed by atoms with Crippen molar-refractivity contribution >= 4 is 11.7 Å². The molecule has 2 rings (SSSR count). The highest BCUT2D eigenvalue weighted by atomic mass is 16.2. The number of rotatable bonds is 2. The van der Waals surface area contributed by atoms with E-state index >= 15 is 0 Å². The van der Waals surface area contributed by atoms with E-state index in [4.69, 9.17) is 0 Å². The van der Waals surface area contributed by atoms with Crippen LogP contribution in [-0.4, -0.2) is 53.9 Å². The number of hydrogen-bond acceptors (Lipinski definition) is 4. The lowest BCUT2D eigenvalue weighted by Crippen LogP contribution is -2.60. The van der Waals surface area contributed by atoms with Crippen molar-refractivity contribution in [3.63, 3.8) is 0 Å². The van der Waals surface area contributed by atoms with Crippen LogP contribution in [0.25, 0.3) is 0 Å². The van der Waals surface area contributed by atoms with Gasteiger partial charge in [-0.1, -0.05) is 0 Å². The number of carbonyl (C=O) groups excluding carboxylic acids is 2. The van der Waals surface area contributed by atoms with Crippen LogP contribution in [0.5, 0.6) is 0 Å². The molecule has 0 aliphatic carbocycles. The minimum atomic E-state index is -0.245. The van der Waals surface area contributed by atoms with Crippen LogP contribution >= 0.6 is 0 Å². The highest BCUT2D eigenvalue weighted by molar-refractivity contribution is 5.89. The molecule has 2 aliphatic heterocycles. The van der Waals surface area contributed by atoms with Crippen LogP contribution in [0.4, 0.5) is 0 Å². The van der Waals surface area contributed by atoms with Gasteiger partial charge in [-0.05, 0) is 39.7 Å². The lowest BCUT2D eigenvalue weighted by atomic mass is 10.0. The summed E-state index contributed by atoms with van der Waals surface area (Å²) in [6, 6.07) is -0.384. The van der Waals surface area contributed by atoms with Gasteiger partial charge in [-0.15, -0.1) is 0 Å². The van der Waals surface area contributed by atoms with Gasteiger partial charge >= 0.3 is 0 Å².